The van der Waals surface area contributed by atoms with Crippen molar-refractivity contribution in [2.45, 2.75) is 18.9 Å². The van der Waals surface area contributed by atoms with Crippen LogP contribution < -0.4 is 11.1 Å². The van der Waals surface area contributed by atoms with Crippen molar-refractivity contribution in [2.24, 2.45) is 5.73 Å². The van der Waals surface area contributed by atoms with E-state index in [2.05, 4.69) is 11.9 Å². The lowest BCUT2D eigenvalue weighted by atomic mass is 10.1. The van der Waals surface area contributed by atoms with E-state index < -0.39 is 6.04 Å². The summed E-state index contributed by atoms with van der Waals surface area (Å²) in [4.78, 5) is 11.5. The Kier molecular flexibility index (Phi) is 5.73. The highest BCUT2D eigenvalue weighted by atomic mass is 35.5. The number of hydrogen-bond acceptors (Lipinski definition) is 2. The number of benzene rings is 1. The summed E-state index contributed by atoms with van der Waals surface area (Å²) >= 11 is 5.78. The monoisotopic (exact) mass is 252 g/mol. The quantitative estimate of drug-likeness (QED) is 0.760. The van der Waals surface area contributed by atoms with Crippen molar-refractivity contribution >= 4 is 17.5 Å². The zero-order chi connectivity index (χ0) is 12.7. The van der Waals surface area contributed by atoms with Crippen LogP contribution in [0.5, 0.6) is 0 Å². The number of carbonyl (C=O) groups excluding carboxylic acids is 1. The van der Waals surface area contributed by atoms with Crippen LogP contribution in [0.4, 0.5) is 0 Å². The van der Waals surface area contributed by atoms with E-state index in [0.29, 0.717) is 18.0 Å². The number of rotatable bonds is 6. The molecule has 4 heteroatoms. The third kappa shape index (κ3) is 5.02. The maximum atomic E-state index is 11.5. The largest absolute Gasteiger partial charge is 0.354 e. The summed E-state index contributed by atoms with van der Waals surface area (Å²) in [5.41, 5.74) is 6.76. The Labute approximate surface area is 107 Å². The van der Waals surface area contributed by atoms with Crippen molar-refractivity contribution in [3.63, 3.8) is 0 Å². The lowest BCUT2D eigenvalue weighted by Crippen LogP contribution is -2.40. The summed E-state index contributed by atoms with van der Waals surface area (Å²) in [5.74, 6) is -0.140. The molecular weight excluding hydrogens is 236 g/mol. The molecule has 1 amide bonds. The highest BCUT2D eigenvalue weighted by molar-refractivity contribution is 6.30. The van der Waals surface area contributed by atoms with Gasteiger partial charge in [0.1, 0.15) is 0 Å². The molecule has 0 aromatic heterocycles. The molecule has 1 unspecified atom stereocenters. The van der Waals surface area contributed by atoms with Crippen LogP contribution in [0.2, 0.25) is 5.02 Å². The smallest absolute Gasteiger partial charge is 0.237 e. The van der Waals surface area contributed by atoms with Crippen molar-refractivity contribution in [3.05, 3.63) is 47.5 Å². The molecule has 17 heavy (non-hydrogen) atoms. The van der Waals surface area contributed by atoms with Crippen molar-refractivity contribution in [1.29, 1.82) is 0 Å². The van der Waals surface area contributed by atoms with Gasteiger partial charge in [-0.05, 0) is 30.5 Å². The highest BCUT2D eigenvalue weighted by Gasteiger charge is 2.10. The van der Waals surface area contributed by atoms with E-state index in [0.717, 1.165) is 12.0 Å². The first kappa shape index (κ1) is 13.7. The van der Waals surface area contributed by atoms with Gasteiger partial charge < -0.3 is 11.1 Å². The molecular formula is C13H17ClN2O. The van der Waals surface area contributed by atoms with Gasteiger partial charge in [0.15, 0.2) is 0 Å². The first-order valence-corrected chi connectivity index (χ1v) is 5.90. The molecule has 1 rings (SSSR count). The van der Waals surface area contributed by atoms with E-state index in [-0.39, 0.29) is 5.91 Å². The van der Waals surface area contributed by atoms with Gasteiger partial charge in [-0.2, -0.15) is 0 Å². The van der Waals surface area contributed by atoms with Gasteiger partial charge >= 0.3 is 0 Å². The number of halogens is 1. The zero-order valence-corrected chi connectivity index (χ0v) is 10.4. The van der Waals surface area contributed by atoms with E-state index in [1.165, 1.54) is 0 Å². The fraction of sp³-hybridized carbons (Fsp3) is 0.308. The summed E-state index contributed by atoms with van der Waals surface area (Å²) in [7, 11) is 0. The SMILES string of the molecule is C=CCC(N)C(=O)NCCc1ccc(Cl)cc1. The average molecular weight is 253 g/mol. The Morgan fingerprint density at radius 1 is 1.47 bits per heavy atom. The molecule has 0 saturated heterocycles. The molecule has 0 heterocycles. The maximum absolute atomic E-state index is 11.5. The van der Waals surface area contributed by atoms with Gasteiger partial charge in [0.25, 0.3) is 0 Å². The highest BCUT2D eigenvalue weighted by Crippen LogP contribution is 2.09. The van der Waals surface area contributed by atoms with Crippen LogP contribution in [0.15, 0.2) is 36.9 Å². The van der Waals surface area contributed by atoms with Gasteiger partial charge in [0.2, 0.25) is 5.91 Å². The average Bonchev–Trinajstić information content (AvgIpc) is 2.32. The Balaban J connectivity index is 2.30. The molecule has 0 aliphatic heterocycles. The van der Waals surface area contributed by atoms with E-state index in [4.69, 9.17) is 17.3 Å². The van der Waals surface area contributed by atoms with E-state index >= 15 is 0 Å². The Morgan fingerprint density at radius 2 is 2.12 bits per heavy atom. The number of amides is 1. The molecule has 0 bridgehead atoms. The molecule has 0 spiro atoms. The number of nitrogens with one attached hydrogen (secondary N) is 1. The predicted molar refractivity (Wildman–Crippen MR) is 71.0 cm³/mol. The second-order valence-electron chi connectivity index (χ2n) is 3.80. The first-order chi connectivity index (χ1) is 8.13. The molecule has 0 aliphatic carbocycles. The molecule has 92 valence electrons. The lowest BCUT2D eigenvalue weighted by Gasteiger charge is -2.10. The Bertz CT molecular complexity index is 376. The number of carbonyl (C=O) groups is 1. The zero-order valence-electron chi connectivity index (χ0n) is 9.66. The summed E-state index contributed by atoms with van der Waals surface area (Å²) < 4.78 is 0. The van der Waals surface area contributed by atoms with E-state index in [1.807, 2.05) is 24.3 Å². The Hall–Kier alpha value is -1.32. The summed E-state index contributed by atoms with van der Waals surface area (Å²) in [6.45, 7) is 4.12. The van der Waals surface area contributed by atoms with Gasteiger partial charge in [0.05, 0.1) is 6.04 Å². The molecule has 1 aromatic carbocycles. The normalized spacial score (nSPS) is 11.9. The van der Waals surface area contributed by atoms with Gasteiger partial charge in [-0.3, -0.25) is 4.79 Å². The van der Waals surface area contributed by atoms with E-state index in [1.54, 1.807) is 6.08 Å². The van der Waals surface area contributed by atoms with Crippen LogP contribution >= 0.6 is 11.6 Å². The summed E-state index contributed by atoms with van der Waals surface area (Å²) in [6.07, 6.45) is 2.90. The molecule has 1 atom stereocenters. The van der Waals surface area contributed by atoms with Gasteiger partial charge in [-0.1, -0.05) is 29.8 Å². The minimum Gasteiger partial charge on any atom is -0.354 e. The third-order valence-corrected chi connectivity index (χ3v) is 2.64. The van der Waals surface area contributed by atoms with Crippen LogP contribution in [0, 0.1) is 0 Å². The summed E-state index contributed by atoms with van der Waals surface area (Å²) in [6, 6.07) is 7.05. The molecule has 3 nitrogen and oxygen atoms in total. The van der Waals surface area contributed by atoms with Gasteiger partial charge in [-0.25, -0.2) is 0 Å². The van der Waals surface area contributed by atoms with Crippen molar-refractivity contribution < 1.29 is 4.79 Å². The van der Waals surface area contributed by atoms with Crippen molar-refractivity contribution in [1.82, 2.24) is 5.32 Å². The fourth-order valence-corrected chi connectivity index (χ4v) is 1.52. The van der Waals surface area contributed by atoms with Crippen LogP contribution in [0.3, 0.4) is 0 Å². The minimum absolute atomic E-state index is 0.140. The minimum atomic E-state index is -0.502. The second kappa shape index (κ2) is 7.09. The Morgan fingerprint density at radius 3 is 2.71 bits per heavy atom. The molecule has 0 aliphatic rings. The predicted octanol–water partition coefficient (Wildman–Crippen LogP) is 1.90. The van der Waals surface area contributed by atoms with Crippen molar-refractivity contribution in [2.75, 3.05) is 6.54 Å². The topological polar surface area (TPSA) is 55.1 Å². The molecule has 0 radical (unpaired) electrons. The number of hydrogen-bond donors (Lipinski definition) is 2. The van der Waals surface area contributed by atoms with Crippen LogP contribution in [0.25, 0.3) is 0 Å². The van der Waals surface area contributed by atoms with Crippen molar-refractivity contribution in [3.8, 4) is 0 Å². The fourth-order valence-electron chi connectivity index (χ4n) is 1.40. The lowest BCUT2D eigenvalue weighted by molar-refractivity contribution is -0.122. The third-order valence-electron chi connectivity index (χ3n) is 2.38. The van der Waals surface area contributed by atoms with Gasteiger partial charge in [0, 0.05) is 11.6 Å². The standard InChI is InChI=1S/C13H17ClN2O/c1-2-3-12(15)13(17)16-9-8-10-4-6-11(14)7-5-10/h2,4-7,12H,1,3,8-9,15H2,(H,16,17). The molecule has 0 saturated carbocycles. The molecule has 1 aromatic rings. The molecule has 3 N–H and O–H groups in total. The number of nitrogens with two attached hydrogens (primary N) is 1. The summed E-state index contributed by atoms with van der Waals surface area (Å²) in [5, 5.41) is 3.50. The molecule has 0 fully saturated rings. The van der Waals surface area contributed by atoms with Crippen LogP contribution in [-0.4, -0.2) is 18.5 Å². The maximum Gasteiger partial charge on any atom is 0.237 e. The van der Waals surface area contributed by atoms with E-state index in [9.17, 15) is 4.79 Å². The van der Waals surface area contributed by atoms with Gasteiger partial charge in [-0.15, -0.1) is 6.58 Å². The van der Waals surface area contributed by atoms with Crippen LogP contribution in [-0.2, 0) is 11.2 Å². The second-order valence-corrected chi connectivity index (χ2v) is 4.23. The van der Waals surface area contributed by atoms with Crippen LogP contribution in [0.1, 0.15) is 12.0 Å². The first-order valence-electron chi connectivity index (χ1n) is 5.52.